The first-order valence-corrected chi connectivity index (χ1v) is 14.4. The molecule has 202 valence electrons. The number of anilines is 1. The van der Waals surface area contributed by atoms with E-state index < -0.39 is 28.7 Å². The average molecular weight is 602 g/mol. The Morgan fingerprint density at radius 3 is 2.08 bits per heavy atom. The minimum Gasteiger partial charge on any atom is -0.355 e. The van der Waals surface area contributed by atoms with Crippen LogP contribution < -0.4 is 9.62 Å². The van der Waals surface area contributed by atoms with Crippen molar-refractivity contribution in [2.75, 3.05) is 31.5 Å². The van der Waals surface area contributed by atoms with Crippen LogP contribution in [0.25, 0.3) is 0 Å². The summed E-state index contributed by atoms with van der Waals surface area (Å²) in [6, 6.07) is 24.5. The standard InChI is InChI=1S/C28H33BrN4O4S/c1-4-30-28(35)26(19-22-12-7-5-8-13-22)32(20-23-14-11-15-24(29)18-23)27(34)21-33(38(36,37)31(2)3)25-16-9-6-10-17-25/h5-18,26H,4,19-21H2,1-3H3,(H,30,35). The highest BCUT2D eigenvalue weighted by Gasteiger charge is 2.34. The molecule has 0 spiro atoms. The Morgan fingerprint density at radius 2 is 1.50 bits per heavy atom. The number of amides is 2. The van der Waals surface area contributed by atoms with Gasteiger partial charge in [0.25, 0.3) is 0 Å². The first-order valence-electron chi connectivity index (χ1n) is 12.2. The molecule has 3 aromatic carbocycles. The maximum absolute atomic E-state index is 14.0. The van der Waals surface area contributed by atoms with Gasteiger partial charge in [-0.05, 0) is 42.3 Å². The van der Waals surface area contributed by atoms with Crippen molar-refractivity contribution in [2.45, 2.75) is 25.9 Å². The van der Waals surface area contributed by atoms with Crippen LogP contribution in [0.1, 0.15) is 18.1 Å². The highest BCUT2D eigenvalue weighted by molar-refractivity contribution is 9.10. The van der Waals surface area contributed by atoms with Crippen molar-refractivity contribution in [1.29, 1.82) is 0 Å². The molecule has 0 radical (unpaired) electrons. The fraction of sp³-hybridized carbons (Fsp3) is 0.286. The van der Waals surface area contributed by atoms with E-state index in [-0.39, 0.29) is 18.9 Å². The van der Waals surface area contributed by atoms with Crippen LogP contribution in [-0.4, -0.2) is 62.7 Å². The quantitative estimate of drug-likeness (QED) is 0.342. The number of carbonyl (C=O) groups excluding carboxylic acids is 2. The number of nitrogens with one attached hydrogen (secondary N) is 1. The van der Waals surface area contributed by atoms with Gasteiger partial charge in [0.15, 0.2) is 0 Å². The number of benzene rings is 3. The van der Waals surface area contributed by atoms with Gasteiger partial charge >= 0.3 is 10.2 Å². The lowest BCUT2D eigenvalue weighted by Gasteiger charge is -2.34. The molecular weight excluding hydrogens is 568 g/mol. The van der Waals surface area contributed by atoms with E-state index in [1.54, 1.807) is 30.3 Å². The van der Waals surface area contributed by atoms with E-state index in [9.17, 15) is 18.0 Å². The molecule has 10 heteroatoms. The van der Waals surface area contributed by atoms with Gasteiger partial charge in [-0.1, -0.05) is 76.6 Å². The van der Waals surface area contributed by atoms with Gasteiger partial charge in [-0.2, -0.15) is 12.7 Å². The number of carbonyl (C=O) groups is 2. The van der Waals surface area contributed by atoms with E-state index in [0.29, 0.717) is 12.2 Å². The lowest BCUT2D eigenvalue weighted by atomic mass is 10.0. The molecule has 0 aliphatic carbocycles. The highest BCUT2D eigenvalue weighted by Crippen LogP contribution is 2.22. The molecule has 0 bridgehead atoms. The van der Waals surface area contributed by atoms with Gasteiger partial charge < -0.3 is 10.2 Å². The molecule has 0 saturated carbocycles. The number of halogens is 1. The Bertz CT molecular complexity index is 1320. The van der Waals surface area contributed by atoms with E-state index in [1.807, 2.05) is 61.5 Å². The predicted octanol–water partition coefficient (Wildman–Crippen LogP) is 3.84. The maximum Gasteiger partial charge on any atom is 0.304 e. The molecule has 8 nitrogen and oxygen atoms in total. The first kappa shape index (κ1) is 29.3. The van der Waals surface area contributed by atoms with E-state index >= 15 is 0 Å². The van der Waals surface area contributed by atoms with Gasteiger partial charge in [0, 0.05) is 38.1 Å². The zero-order valence-corrected chi connectivity index (χ0v) is 24.2. The summed E-state index contributed by atoms with van der Waals surface area (Å²) in [6.45, 7) is 1.87. The zero-order valence-electron chi connectivity index (χ0n) is 21.7. The van der Waals surface area contributed by atoms with Crippen LogP contribution in [0.15, 0.2) is 89.4 Å². The van der Waals surface area contributed by atoms with Crippen molar-refractivity contribution in [3.8, 4) is 0 Å². The second kappa shape index (κ2) is 13.5. The molecule has 0 aliphatic heterocycles. The Morgan fingerprint density at radius 1 is 0.895 bits per heavy atom. The van der Waals surface area contributed by atoms with Crippen molar-refractivity contribution in [3.05, 3.63) is 101 Å². The zero-order chi connectivity index (χ0) is 27.7. The number of rotatable bonds is 12. The van der Waals surface area contributed by atoms with E-state index in [1.165, 1.54) is 19.0 Å². The molecule has 1 atom stereocenters. The van der Waals surface area contributed by atoms with E-state index in [0.717, 1.165) is 24.2 Å². The van der Waals surface area contributed by atoms with Crippen molar-refractivity contribution in [1.82, 2.24) is 14.5 Å². The van der Waals surface area contributed by atoms with Gasteiger partial charge in [-0.15, -0.1) is 0 Å². The average Bonchev–Trinajstić information content (AvgIpc) is 2.90. The molecule has 1 N–H and O–H groups in total. The highest BCUT2D eigenvalue weighted by atomic mass is 79.9. The third kappa shape index (κ3) is 7.66. The fourth-order valence-corrected chi connectivity index (χ4v) is 5.49. The van der Waals surface area contributed by atoms with Gasteiger partial charge in [-0.3, -0.25) is 9.59 Å². The van der Waals surface area contributed by atoms with Gasteiger partial charge in [0.1, 0.15) is 12.6 Å². The number of likely N-dealkylation sites (N-methyl/N-ethyl adjacent to an activating group) is 1. The monoisotopic (exact) mass is 600 g/mol. The summed E-state index contributed by atoms with van der Waals surface area (Å²) in [5.74, 6) is -0.798. The number of hydrogen-bond acceptors (Lipinski definition) is 4. The number of nitrogens with zero attached hydrogens (tertiary/aromatic N) is 3. The van der Waals surface area contributed by atoms with Crippen LogP contribution in [0.4, 0.5) is 5.69 Å². The minimum atomic E-state index is -4.00. The smallest absolute Gasteiger partial charge is 0.304 e. The summed E-state index contributed by atoms with van der Waals surface area (Å²) in [6.07, 6.45) is 0.276. The Kier molecular flexibility index (Phi) is 10.5. The molecule has 0 aliphatic rings. The predicted molar refractivity (Wildman–Crippen MR) is 154 cm³/mol. The van der Waals surface area contributed by atoms with E-state index in [2.05, 4.69) is 21.2 Å². The minimum absolute atomic E-state index is 0.123. The van der Waals surface area contributed by atoms with Crippen LogP contribution >= 0.6 is 15.9 Å². The van der Waals surface area contributed by atoms with Gasteiger partial charge in [0.05, 0.1) is 5.69 Å². The van der Waals surface area contributed by atoms with Crippen molar-refractivity contribution < 1.29 is 18.0 Å². The molecule has 1 unspecified atom stereocenters. The van der Waals surface area contributed by atoms with Crippen molar-refractivity contribution >= 4 is 43.6 Å². The molecule has 0 saturated heterocycles. The maximum atomic E-state index is 14.0. The molecule has 0 fully saturated rings. The Hall–Kier alpha value is -3.21. The summed E-state index contributed by atoms with van der Waals surface area (Å²) in [5.41, 5.74) is 2.04. The summed E-state index contributed by atoms with van der Waals surface area (Å²) in [4.78, 5) is 28.9. The lowest BCUT2D eigenvalue weighted by molar-refractivity contribution is -0.140. The number of hydrogen-bond donors (Lipinski definition) is 1. The summed E-state index contributed by atoms with van der Waals surface area (Å²) in [5, 5.41) is 2.85. The normalized spacial score (nSPS) is 12.1. The van der Waals surface area contributed by atoms with Crippen LogP contribution in [0, 0.1) is 0 Å². The van der Waals surface area contributed by atoms with Crippen LogP contribution in [0.5, 0.6) is 0 Å². The molecule has 3 aromatic rings. The second-order valence-corrected chi connectivity index (χ2v) is 11.9. The molecule has 3 rings (SSSR count). The molecule has 0 heterocycles. The van der Waals surface area contributed by atoms with Gasteiger partial charge in [0.2, 0.25) is 11.8 Å². The van der Waals surface area contributed by atoms with Crippen molar-refractivity contribution in [3.63, 3.8) is 0 Å². The van der Waals surface area contributed by atoms with E-state index in [4.69, 9.17) is 0 Å². The molecular formula is C28H33BrN4O4S. The fourth-order valence-electron chi connectivity index (χ4n) is 3.99. The van der Waals surface area contributed by atoms with Crippen molar-refractivity contribution in [2.24, 2.45) is 0 Å². The van der Waals surface area contributed by atoms with Crippen LogP contribution in [-0.2, 0) is 32.8 Å². The largest absolute Gasteiger partial charge is 0.355 e. The van der Waals surface area contributed by atoms with Crippen LogP contribution in [0.2, 0.25) is 0 Å². The van der Waals surface area contributed by atoms with Gasteiger partial charge in [-0.25, -0.2) is 4.31 Å². The SMILES string of the molecule is CCNC(=O)C(Cc1ccccc1)N(Cc1cccc(Br)c1)C(=O)CN(c1ccccc1)S(=O)(=O)N(C)C. The molecule has 0 aromatic heterocycles. The molecule has 38 heavy (non-hydrogen) atoms. The third-order valence-electron chi connectivity index (χ3n) is 5.93. The summed E-state index contributed by atoms with van der Waals surface area (Å²) in [7, 11) is -1.17. The second-order valence-electron chi connectivity index (χ2n) is 8.88. The third-order valence-corrected chi connectivity index (χ3v) is 8.24. The topological polar surface area (TPSA) is 90.0 Å². The summed E-state index contributed by atoms with van der Waals surface area (Å²) < 4.78 is 29.5. The Labute approximate surface area is 233 Å². The Balaban J connectivity index is 2.06. The molecule has 2 amide bonds. The van der Waals surface area contributed by atoms with Crippen LogP contribution in [0.3, 0.4) is 0 Å². The summed E-state index contributed by atoms with van der Waals surface area (Å²) >= 11 is 3.47. The lowest BCUT2D eigenvalue weighted by Crippen LogP contribution is -2.54. The number of para-hydroxylation sites is 1. The first-order chi connectivity index (χ1) is 18.1.